The molecule has 0 aliphatic carbocycles. The van der Waals surface area contributed by atoms with Crippen LogP contribution in [0.4, 0.5) is 11.4 Å². The number of anilines is 1. The van der Waals surface area contributed by atoms with Crippen molar-refractivity contribution in [2.75, 3.05) is 18.0 Å². The van der Waals surface area contributed by atoms with Crippen molar-refractivity contribution >= 4 is 34.6 Å². The lowest BCUT2D eigenvalue weighted by Gasteiger charge is -2.50. The molecule has 104 valence electrons. The molecule has 2 rings (SSSR count). The first-order chi connectivity index (χ1) is 8.74. The standard InChI is InChI=1S/C12H14Cl2N2O3/c1-7(2)12(17)5-15(6-12)10-3-8(13)9(14)4-11(10)16(18)19/h3-4,7,17H,5-6H2,1-2H3. The average molecular weight is 305 g/mol. The van der Waals surface area contributed by atoms with Crippen molar-refractivity contribution in [1.29, 1.82) is 0 Å². The van der Waals surface area contributed by atoms with Crippen LogP contribution in [-0.2, 0) is 0 Å². The van der Waals surface area contributed by atoms with Gasteiger partial charge in [-0.3, -0.25) is 10.1 Å². The largest absolute Gasteiger partial charge is 0.386 e. The third-order valence-electron chi connectivity index (χ3n) is 3.56. The lowest BCUT2D eigenvalue weighted by Crippen LogP contribution is -2.64. The highest BCUT2D eigenvalue weighted by Crippen LogP contribution is 2.41. The van der Waals surface area contributed by atoms with Crippen LogP contribution >= 0.6 is 23.2 Å². The highest BCUT2D eigenvalue weighted by atomic mass is 35.5. The zero-order chi connectivity index (χ0) is 14.4. The van der Waals surface area contributed by atoms with Gasteiger partial charge in [-0.15, -0.1) is 0 Å². The number of benzene rings is 1. The molecule has 0 amide bonds. The minimum Gasteiger partial charge on any atom is -0.386 e. The van der Waals surface area contributed by atoms with Crippen LogP contribution in [0.2, 0.25) is 10.0 Å². The summed E-state index contributed by atoms with van der Waals surface area (Å²) in [5.41, 5.74) is -0.509. The van der Waals surface area contributed by atoms with Crippen LogP contribution in [-0.4, -0.2) is 28.7 Å². The second-order valence-corrected chi connectivity index (χ2v) is 5.94. The van der Waals surface area contributed by atoms with E-state index in [1.54, 1.807) is 4.90 Å². The Morgan fingerprint density at radius 1 is 1.37 bits per heavy atom. The van der Waals surface area contributed by atoms with E-state index in [0.29, 0.717) is 18.8 Å². The molecule has 1 aromatic carbocycles. The highest BCUT2D eigenvalue weighted by molar-refractivity contribution is 6.42. The molecule has 1 aliphatic heterocycles. The fourth-order valence-corrected chi connectivity index (χ4v) is 2.39. The number of hydrogen-bond donors (Lipinski definition) is 1. The Hall–Kier alpha value is -1.04. The predicted octanol–water partition coefficient (Wildman–Crippen LogP) is 3.11. The molecule has 19 heavy (non-hydrogen) atoms. The van der Waals surface area contributed by atoms with Gasteiger partial charge in [0.15, 0.2) is 0 Å². The number of hydrogen-bond acceptors (Lipinski definition) is 4. The maximum atomic E-state index is 11.0. The van der Waals surface area contributed by atoms with E-state index in [1.807, 2.05) is 13.8 Å². The van der Waals surface area contributed by atoms with Gasteiger partial charge in [0.25, 0.3) is 5.69 Å². The van der Waals surface area contributed by atoms with Crippen LogP contribution in [0.25, 0.3) is 0 Å². The molecule has 0 spiro atoms. The lowest BCUT2D eigenvalue weighted by molar-refractivity contribution is -0.384. The maximum Gasteiger partial charge on any atom is 0.294 e. The van der Waals surface area contributed by atoms with Gasteiger partial charge in [-0.1, -0.05) is 37.0 Å². The Bertz CT molecular complexity index is 528. The number of rotatable bonds is 3. The topological polar surface area (TPSA) is 66.6 Å². The summed E-state index contributed by atoms with van der Waals surface area (Å²) in [7, 11) is 0. The van der Waals surface area contributed by atoms with Crippen molar-refractivity contribution in [2.45, 2.75) is 19.4 Å². The summed E-state index contributed by atoms with van der Waals surface area (Å²) in [6.07, 6.45) is 0. The molecule has 0 saturated carbocycles. The summed E-state index contributed by atoms with van der Waals surface area (Å²) in [5.74, 6) is 0.0885. The quantitative estimate of drug-likeness (QED) is 0.688. The number of β-amino-alcohol motifs (C(OH)–C–C–N with tert-alkyl or cyclic N) is 1. The SMILES string of the molecule is CC(C)C1(O)CN(c2cc(Cl)c(Cl)cc2[N+](=O)[O-])C1. The van der Waals surface area contributed by atoms with Crippen LogP contribution < -0.4 is 4.90 Å². The Morgan fingerprint density at radius 2 is 1.89 bits per heavy atom. The summed E-state index contributed by atoms with van der Waals surface area (Å²) < 4.78 is 0. The number of aliphatic hydroxyl groups is 1. The van der Waals surface area contributed by atoms with Crippen molar-refractivity contribution in [3.05, 3.63) is 32.3 Å². The van der Waals surface area contributed by atoms with E-state index in [9.17, 15) is 15.2 Å². The van der Waals surface area contributed by atoms with E-state index in [2.05, 4.69) is 0 Å². The molecule has 0 atom stereocenters. The molecule has 0 aromatic heterocycles. The number of halogens is 2. The molecule has 1 N–H and O–H groups in total. The zero-order valence-electron chi connectivity index (χ0n) is 10.6. The predicted molar refractivity (Wildman–Crippen MR) is 75.1 cm³/mol. The molecular formula is C12H14Cl2N2O3. The third-order valence-corrected chi connectivity index (χ3v) is 4.28. The van der Waals surface area contributed by atoms with E-state index < -0.39 is 10.5 Å². The van der Waals surface area contributed by atoms with E-state index in [-0.39, 0.29) is 21.7 Å². The Balaban J connectivity index is 2.32. The monoisotopic (exact) mass is 304 g/mol. The molecule has 0 bridgehead atoms. The second-order valence-electron chi connectivity index (χ2n) is 5.13. The first kappa shape index (κ1) is 14.4. The van der Waals surface area contributed by atoms with Crippen molar-refractivity contribution in [1.82, 2.24) is 0 Å². The molecule has 5 nitrogen and oxygen atoms in total. The molecule has 0 unspecified atom stereocenters. The number of nitrogens with zero attached hydrogens (tertiary/aromatic N) is 2. The van der Waals surface area contributed by atoms with Crippen LogP contribution in [0.3, 0.4) is 0 Å². The van der Waals surface area contributed by atoms with Crippen molar-refractivity contribution in [2.24, 2.45) is 5.92 Å². The highest BCUT2D eigenvalue weighted by Gasteiger charge is 2.45. The van der Waals surface area contributed by atoms with E-state index in [0.717, 1.165) is 0 Å². The normalized spacial score (nSPS) is 17.5. The number of nitro groups is 1. The first-order valence-corrected chi connectivity index (χ1v) is 6.61. The molecule has 0 radical (unpaired) electrons. The fraction of sp³-hybridized carbons (Fsp3) is 0.500. The average Bonchev–Trinajstić information content (AvgIpc) is 2.27. The van der Waals surface area contributed by atoms with Crippen molar-refractivity contribution in [3.8, 4) is 0 Å². The summed E-state index contributed by atoms with van der Waals surface area (Å²) in [6.45, 7) is 4.54. The summed E-state index contributed by atoms with van der Waals surface area (Å²) >= 11 is 11.7. The van der Waals surface area contributed by atoms with E-state index >= 15 is 0 Å². The van der Waals surface area contributed by atoms with Gasteiger partial charge in [0.2, 0.25) is 0 Å². The smallest absolute Gasteiger partial charge is 0.294 e. The summed E-state index contributed by atoms with van der Waals surface area (Å²) in [5, 5.41) is 21.7. The van der Waals surface area contributed by atoms with Gasteiger partial charge in [-0.05, 0) is 12.0 Å². The van der Waals surface area contributed by atoms with E-state index in [1.165, 1.54) is 12.1 Å². The van der Waals surface area contributed by atoms with Gasteiger partial charge in [-0.2, -0.15) is 0 Å². The molecular weight excluding hydrogens is 291 g/mol. The van der Waals surface area contributed by atoms with Crippen molar-refractivity contribution < 1.29 is 10.0 Å². The van der Waals surface area contributed by atoms with E-state index in [4.69, 9.17) is 23.2 Å². The van der Waals surface area contributed by atoms with Crippen LogP contribution in [0.5, 0.6) is 0 Å². The molecule has 1 aromatic rings. The zero-order valence-corrected chi connectivity index (χ0v) is 12.1. The van der Waals surface area contributed by atoms with Crippen LogP contribution in [0.1, 0.15) is 13.8 Å². The first-order valence-electron chi connectivity index (χ1n) is 5.85. The molecule has 1 aliphatic rings. The molecule has 1 fully saturated rings. The van der Waals surface area contributed by atoms with Crippen molar-refractivity contribution in [3.63, 3.8) is 0 Å². The number of nitro benzene ring substituents is 1. The maximum absolute atomic E-state index is 11.0. The van der Waals surface area contributed by atoms with Crippen LogP contribution in [0.15, 0.2) is 12.1 Å². The van der Waals surface area contributed by atoms with Gasteiger partial charge in [0.05, 0.1) is 15.0 Å². The fourth-order valence-electron chi connectivity index (χ4n) is 2.08. The molecule has 7 heteroatoms. The minimum absolute atomic E-state index is 0.0885. The molecule has 1 saturated heterocycles. The van der Waals surface area contributed by atoms with Gasteiger partial charge < -0.3 is 10.0 Å². The summed E-state index contributed by atoms with van der Waals surface area (Å²) in [4.78, 5) is 12.3. The minimum atomic E-state index is -0.806. The second kappa shape index (κ2) is 4.81. The lowest BCUT2D eigenvalue weighted by atomic mass is 9.82. The Morgan fingerprint density at radius 3 is 2.37 bits per heavy atom. The van der Waals surface area contributed by atoms with Crippen LogP contribution in [0, 0.1) is 16.0 Å². The third kappa shape index (κ3) is 2.50. The summed E-state index contributed by atoms with van der Waals surface area (Å²) in [6, 6.07) is 2.72. The molecule has 1 heterocycles. The van der Waals surface area contributed by atoms with Gasteiger partial charge in [0.1, 0.15) is 11.3 Å². The van der Waals surface area contributed by atoms with Gasteiger partial charge in [0, 0.05) is 19.2 Å². The Kier molecular flexibility index (Phi) is 3.64. The Labute approximate surface area is 120 Å². The van der Waals surface area contributed by atoms with Gasteiger partial charge >= 0.3 is 0 Å². The van der Waals surface area contributed by atoms with Gasteiger partial charge in [-0.25, -0.2) is 0 Å².